The predicted molar refractivity (Wildman–Crippen MR) is 253 cm³/mol. The number of benzene rings is 12. The Balaban J connectivity index is 0.927. The molecule has 1 heteroatoms. The molecule has 0 spiro atoms. The molecule has 1 heterocycles. The van der Waals surface area contributed by atoms with Crippen LogP contribution in [0.15, 0.2) is 211 Å². The monoisotopic (exact) mass is 746 g/mol. The first-order chi connectivity index (χ1) is 29.2. The van der Waals surface area contributed by atoms with Crippen molar-refractivity contribution < 1.29 is 4.42 Å². The van der Waals surface area contributed by atoms with Crippen molar-refractivity contribution in [1.29, 1.82) is 0 Å². The van der Waals surface area contributed by atoms with E-state index in [2.05, 4.69) is 206 Å². The summed E-state index contributed by atoms with van der Waals surface area (Å²) < 4.78 is 6.73. The minimum atomic E-state index is 0.919. The molecule has 0 fully saturated rings. The molecule has 0 N–H and O–H groups in total. The highest BCUT2D eigenvalue weighted by Crippen LogP contribution is 2.46. The number of hydrogen-bond donors (Lipinski definition) is 0. The Morgan fingerprint density at radius 1 is 0.237 bits per heavy atom. The third-order valence-electron chi connectivity index (χ3n) is 12.7. The smallest absolute Gasteiger partial charge is 0.143 e. The largest absolute Gasteiger partial charge is 0.455 e. The van der Waals surface area contributed by atoms with E-state index in [9.17, 15) is 0 Å². The fourth-order valence-electron chi connectivity index (χ4n) is 10.0. The van der Waals surface area contributed by atoms with Crippen molar-refractivity contribution in [2.75, 3.05) is 0 Å². The number of furan rings is 1. The van der Waals surface area contributed by atoms with Crippen molar-refractivity contribution in [1.82, 2.24) is 0 Å². The summed E-state index contributed by atoms with van der Waals surface area (Å²) >= 11 is 0. The Morgan fingerprint density at radius 2 is 0.627 bits per heavy atom. The van der Waals surface area contributed by atoms with Crippen molar-refractivity contribution in [3.63, 3.8) is 0 Å². The van der Waals surface area contributed by atoms with Crippen LogP contribution in [0.3, 0.4) is 0 Å². The van der Waals surface area contributed by atoms with Gasteiger partial charge in [-0.15, -0.1) is 0 Å². The van der Waals surface area contributed by atoms with Crippen molar-refractivity contribution >= 4 is 97.3 Å². The summed E-state index contributed by atoms with van der Waals surface area (Å²) in [4.78, 5) is 0. The fraction of sp³-hybridized carbons (Fsp3) is 0. The molecule has 0 bridgehead atoms. The lowest BCUT2D eigenvalue weighted by molar-refractivity contribution is 0.673. The summed E-state index contributed by atoms with van der Waals surface area (Å²) in [6.07, 6.45) is 0. The third kappa shape index (κ3) is 4.86. The zero-order chi connectivity index (χ0) is 38.6. The maximum Gasteiger partial charge on any atom is 0.143 e. The van der Waals surface area contributed by atoms with E-state index in [1.165, 1.54) is 109 Å². The zero-order valence-electron chi connectivity index (χ0n) is 32.0. The third-order valence-corrected chi connectivity index (χ3v) is 12.7. The molecule has 12 aromatic carbocycles. The molecule has 13 rings (SSSR count). The SMILES string of the molecule is c1ccc2cc(-c3c4ccccc4c(-c4ccc5cc(-c6ccc7cc8c(cc7c6)oc6c7ccccc7c7ccccc7c86)ccc5c4)c4ccccc34)ccc2c1. The minimum Gasteiger partial charge on any atom is -0.455 e. The van der Waals surface area contributed by atoms with Crippen LogP contribution in [0, 0.1) is 0 Å². The van der Waals surface area contributed by atoms with Crippen LogP contribution in [-0.4, -0.2) is 0 Å². The van der Waals surface area contributed by atoms with Gasteiger partial charge in [0.2, 0.25) is 0 Å². The van der Waals surface area contributed by atoms with Crippen LogP contribution in [-0.2, 0) is 0 Å². The lowest BCUT2D eigenvalue weighted by atomic mass is 9.85. The van der Waals surface area contributed by atoms with Crippen molar-refractivity contribution in [2.45, 2.75) is 0 Å². The molecule has 1 nitrogen and oxygen atoms in total. The maximum atomic E-state index is 6.73. The molecule has 0 aliphatic rings. The number of hydrogen-bond acceptors (Lipinski definition) is 1. The molecule has 0 amide bonds. The predicted octanol–water partition coefficient (Wildman–Crippen LogP) is 16.7. The first-order valence-corrected chi connectivity index (χ1v) is 20.4. The summed E-state index contributed by atoms with van der Waals surface area (Å²) in [7, 11) is 0. The minimum absolute atomic E-state index is 0.919. The van der Waals surface area contributed by atoms with E-state index >= 15 is 0 Å². The lowest BCUT2D eigenvalue weighted by Crippen LogP contribution is -1.91. The van der Waals surface area contributed by atoms with Crippen molar-refractivity contribution in [3.8, 4) is 33.4 Å². The van der Waals surface area contributed by atoms with Crippen molar-refractivity contribution in [3.05, 3.63) is 206 Å². The first kappa shape index (κ1) is 32.4. The average Bonchev–Trinajstić information content (AvgIpc) is 3.68. The van der Waals surface area contributed by atoms with Gasteiger partial charge in [-0.05, 0) is 140 Å². The van der Waals surface area contributed by atoms with Crippen LogP contribution < -0.4 is 0 Å². The van der Waals surface area contributed by atoms with E-state index in [1.54, 1.807) is 0 Å². The fourth-order valence-corrected chi connectivity index (χ4v) is 10.0. The van der Waals surface area contributed by atoms with E-state index in [0.717, 1.165) is 21.9 Å². The summed E-state index contributed by atoms with van der Waals surface area (Å²) in [5, 5.41) is 19.6. The van der Waals surface area contributed by atoms with Gasteiger partial charge in [-0.25, -0.2) is 0 Å². The summed E-state index contributed by atoms with van der Waals surface area (Å²) in [6, 6.07) is 75.9. The van der Waals surface area contributed by atoms with Gasteiger partial charge in [-0.3, -0.25) is 0 Å². The Morgan fingerprint density at radius 3 is 1.22 bits per heavy atom. The molecule has 0 atom stereocenters. The maximum absolute atomic E-state index is 6.73. The quantitative estimate of drug-likeness (QED) is 0.130. The normalized spacial score (nSPS) is 12.1. The molecular weight excluding hydrogens is 713 g/mol. The van der Waals surface area contributed by atoms with E-state index in [1.807, 2.05) is 0 Å². The molecular formula is C58H34O. The van der Waals surface area contributed by atoms with Crippen LogP contribution in [0.1, 0.15) is 0 Å². The molecule has 13 aromatic rings. The molecule has 59 heavy (non-hydrogen) atoms. The van der Waals surface area contributed by atoms with Crippen molar-refractivity contribution in [2.24, 2.45) is 0 Å². The van der Waals surface area contributed by atoms with Gasteiger partial charge < -0.3 is 4.42 Å². The van der Waals surface area contributed by atoms with Gasteiger partial charge in [0.15, 0.2) is 0 Å². The van der Waals surface area contributed by atoms with Gasteiger partial charge in [0.25, 0.3) is 0 Å². The molecule has 0 aliphatic heterocycles. The summed E-state index contributed by atoms with van der Waals surface area (Å²) in [5.74, 6) is 0. The van der Waals surface area contributed by atoms with Crippen LogP contribution in [0.4, 0.5) is 0 Å². The zero-order valence-corrected chi connectivity index (χ0v) is 32.0. The summed E-state index contributed by atoms with van der Waals surface area (Å²) in [5.41, 5.74) is 9.30. The molecule has 0 aliphatic carbocycles. The standard InChI is InChI=1S/C58H34O/c1-2-12-36-30-42(27-21-35(36)11-1)55-48-16-6-8-18-50(48)56(51-19-9-7-17-49(51)55)43-28-26-38-29-37(22-23-39(38)31-43)40-24-25-41-33-53-54(34-44(41)32-40)59-58-52-20-10-4-14-46(52)45-13-3-5-15-47(45)57(53)58/h1-34H. The van der Waals surface area contributed by atoms with Gasteiger partial charge >= 0.3 is 0 Å². The van der Waals surface area contributed by atoms with E-state index < -0.39 is 0 Å². The Hall–Kier alpha value is -7.74. The van der Waals surface area contributed by atoms with Crippen LogP contribution in [0.5, 0.6) is 0 Å². The molecule has 0 radical (unpaired) electrons. The highest BCUT2D eigenvalue weighted by molar-refractivity contribution is 6.31. The Bertz CT molecular complexity index is 3850. The second-order valence-electron chi connectivity index (χ2n) is 16.0. The highest BCUT2D eigenvalue weighted by atomic mass is 16.3. The van der Waals surface area contributed by atoms with Gasteiger partial charge in [0.1, 0.15) is 11.2 Å². The van der Waals surface area contributed by atoms with E-state index in [-0.39, 0.29) is 0 Å². The van der Waals surface area contributed by atoms with E-state index in [4.69, 9.17) is 4.42 Å². The lowest BCUT2D eigenvalue weighted by Gasteiger charge is -2.18. The van der Waals surface area contributed by atoms with Gasteiger partial charge in [0, 0.05) is 16.2 Å². The van der Waals surface area contributed by atoms with Gasteiger partial charge in [-0.2, -0.15) is 0 Å². The molecule has 0 saturated heterocycles. The van der Waals surface area contributed by atoms with Crippen LogP contribution in [0.2, 0.25) is 0 Å². The van der Waals surface area contributed by atoms with Gasteiger partial charge in [0.05, 0.1) is 0 Å². The first-order valence-electron chi connectivity index (χ1n) is 20.4. The van der Waals surface area contributed by atoms with E-state index in [0.29, 0.717) is 0 Å². The second kappa shape index (κ2) is 12.4. The average molecular weight is 747 g/mol. The second-order valence-corrected chi connectivity index (χ2v) is 16.0. The Labute approximate surface area is 340 Å². The van der Waals surface area contributed by atoms with Crippen LogP contribution in [0.25, 0.3) is 131 Å². The highest BCUT2D eigenvalue weighted by Gasteiger charge is 2.19. The summed E-state index contributed by atoms with van der Waals surface area (Å²) in [6.45, 7) is 0. The molecule has 272 valence electrons. The molecule has 0 unspecified atom stereocenters. The topological polar surface area (TPSA) is 13.1 Å². The Kier molecular flexibility index (Phi) is 6.79. The van der Waals surface area contributed by atoms with Crippen LogP contribution >= 0.6 is 0 Å². The molecule has 0 saturated carbocycles. The molecule has 1 aromatic heterocycles. The van der Waals surface area contributed by atoms with Gasteiger partial charge in [-0.1, -0.05) is 170 Å². The number of fused-ring (bicyclic) bond motifs is 13. The number of rotatable bonds is 3.